The second-order valence-corrected chi connectivity index (χ2v) is 3.78. The van der Waals surface area contributed by atoms with Gasteiger partial charge in [0.25, 0.3) is 0 Å². The van der Waals surface area contributed by atoms with Gasteiger partial charge in [0, 0.05) is 5.41 Å². The minimum absolute atomic E-state index is 0.00465. The molecule has 0 saturated heterocycles. The fourth-order valence-corrected chi connectivity index (χ4v) is 0.579. The summed E-state index contributed by atoms with van der Waals surface area (Å²) in [6.45, 7) is 3.90. The van der Waals surface area contributed by atoms with Crippen molar-refractivity contribution in [3.63, 3.8) is 0 Å². The van der Waals surface area contributed by atoms with Crippen LogP contribution in [0.5, 0.6) is 0 Å². The molecule has 0 aromatic heterocycles. The lowest BCUT2D eigenvalue weighted by Gasteiger charge is -2.21. The molecule has 4 N–H and O–H groups in total. The van der Waals surface area contributed by atoms with Crippen molar-refractivity contribution in [2.45, 2.75) is 19.9 Å². The van der Waals surface area contributed by atoms with Gasteiger partial charge in [0.1, 0.15) is 6.04 Å². The van der Waals surface area contributed by atoms with Crippen LogP contribution in [0.2, 0.25) is 0 Å². The second-order valence-electron chi connectivity index (χ2n) is 3.78. The van der Waals surface area contributed by atoms with Crippen molar-refractivity contribution < 1.29 is 19.7 Å². The molecule has 0 spiro atoms. The standard InChI is InChI=1S/C8H17NO4/c1-8(2,4-10)5-13-3-6(9)7(11)12/h6,10H,3-5,9H2,1-2H3,(H,11,12)/t6-/m0/s1. The molecule has 0 bridgehead atoms. The zero-order chi connectivity index (χ0) is 10.5. The van der Waals surface area contributed by atoms with Crippen molar-refractivity contribution >= 4 is 5.97 Å². The van der Waals surface area contributed by atoms with Crippen LogP contribution in [0.15, 0.2) is 0 Å². The Morgan fingerprint density at radius 1 is 1.62 bits per heavy atom. The van der Waals surface area contributed by atoms with E-state index in [2.05, 4.69) is 0 Å². The van der Waals surface area contributed by atoms with Crippen LogP contribution in [-0.2, 0) is 9.53 Å². The van der Waals surface area contributed by atoms with Gasteiger partial charge in [0.05, 0.1) is 19.8 Å². The fourth-order valence-electron chi connectivity index (χ4n) is 0.579. The van der Waals surface area contributed by atoms with Gasteiger partial charge in [0.15, 0.2) is 0 Å². The maximum atomic E-state index is 10.3. The van der Waals surface area contributed by atoms with Crippen LogP contribution < -0.4 is 5.73 Å². The first kappa shape index (κ1) is 12.3. The van der Waals surface area contributed by atoms with E-state index in [0.29, 0.717) is 6.61 Å². The Hall–Kier alpha value is -0.650. The molecule has 0 unspecified atom stereocenters. The number of carboxylic acids is 1. The number of rotatable bonds is 6. The van der Waals surface area contributed by atoms with Gasteiger partial charge in [-0.05, 0) is 0 Å². The number of hydrogen-bond donors (Lipinski definition) is 3. The Labute approximate surface area is 77.5 Å². The summed E-state index contributed by atoms with van der Waals surface area (Å²) in [6.07, 6.45) is 0. The van der Waals surface area contributed by atoms with Crippen molar-refractivity contribution in [1.82, 2.24) is 0 Å². The maximum absolute atomic E-state index is 10.3. The van der Waals surface area contributed by atoms with Crippen molar-refractivity contribution in [2.75, 3.05) is 19.8 Å². The Morgan fingerprint density at radius 3 is 2.54 bits per heavy atom. The molecule has 5 heteroatoms. The summed E-state index contributed by atoms with van der Waals surface area (Å²) in [4.78, 5) is 10.3. The van der Waals surface area contributed by atoms with Gasteiger partial charge in [-0.25, -0.2) is 0 Å². The van der Waals surface area contributed by atoms with Crippen LogP contribution in [0.1, 0.15) is 13.8 Å². The van der Waals surface area contributed by atoms with Gasteiger partial charge in [-0.3, -0.25) is 4.79 Å². The van der Waals surface area contributed by atoms with Gasteiger partial charge in [-0.15, -0.1) is 0 Å². The van der Waals surface area contributed by atoms with Crippen molar-refractivity contribution in [3.05, 3.63) is 0 Å². The number of nitrogens with two attached hydrogens (primary N) is 1. The number of ether oxygens (including phenoxy) is 1. The fraction of sp³-hybridized carbons (Fsp3) is 0.875. The van der Waals surface area contributed by atoms with E-state index in [9.17, 15) is 4.79 Å². The summed E-state index contributed by atoms with van der Waals surface area (Å²) in [6, 6.07) is -0.991. The summed E-state index contributed by atoms with van der Waals surface area (Å²) >= 11 is 0. The topological polar surface area (TPSA) is 92.8 Å². The van der Waals surface area contributed by atoms with Crippen LogP contribution in [0.3, 0.4) is 0 Å². The summed E-state index contributed by atoms with van der Waals surface area (Å²) in [5.74, 6) is -1.08. The van der Waals surface area contributed by atoms with Crippen molar-refractivity contribution in [3.8, 4) is 0 Å². The highest BCUT2D eigenvalue weighted by molar-refractivity contribution is 5.73. The third-order valence-electron chi connectivity index (χ3n) is 1.54. The van der Waals surface area contributed by atoms with E-state index >= 15 is 0 Å². The number of carboxylic acid groups (broad SMARTS) is 1. The lowest BCUT2D eigenvalue weighted by molar-refractivity contribution is -0.140. The third kappa shape index (κ3) is 5.57. The summed E-state index contributed by atoms with van der Waals surface area (Å²) in [5.41, 5.74) is 4.85. The Bertz CT molecular complexity index is 170. The molecule has 13 heavy (non-hydrogen) atoms. The molecular weight excluding hydrogens is 174 g/mol. The molecular formula is C8H17NO4. The minimum Gasteiger partial charge on any atom is -0.480 e. The molecule has 0 fully saturated rings. The van der Waals surface area contributed by atoms with Crippen LogP contribution in [0.4, 0.5) is 0 Å². The number of aliphatic hydroxyl groups excluding tert-OH is 1. The molecule has 0 amide bonds. The number of carbonyl (C=O) groups is 1. The summed E-state index contributed by atoms with van der Waals surface area (Å²) in [7, 11) is 0. The van der Waals surface area contributed by atoms with Gasteiger partial charge >= 0.3 is 5.97 Å². The monoisotopic (exact) mass is 191 g/mol. The van der Waals surface area contributed by atoms with Gasteiger partial charge in [0.2, 0.25) is 0 Å². The Kier molecular flexibility index (Phi) is 4.90. The molecule has 0 aromatic rings. The molecule has 0 rings (SSSR count). The van der Waals surface area contributed by atoms with E-state index in [4.69, 9.17) is 20.7 Å². The molecule has 5 nitrogen and oxygen atoms in total. The van der Waals surface area contributed by atoms with E-state index in [0.717, 1.165) is 0 Å². The summed E-state index contributed by atoms with van der Waals surface area (Å²) in [5, 5.41) is 17.3. The first-order valence-corrected chi connectivity index (χ1v) is 4.06. The molecule has 78 valence electrons. The van der Waals surface area contributed by atoms with Gasteiger partial charge in [-0.2, -0.15) is 0 Å². The molecule has 0 aliphatic heterocycles. The Balaban J connectivity index is 3.62. The van der Waals surface area contributed by atoms with Crippen molar-refractivity contribution in [1.29, 1.82) is 0 Å². The molecule has 1 atom stereocenters. The smallest absolute Gasteiger partial charge is 0.322 e. The molecule has 0 radical (unpaired) electrons. The van der Waals surface area contributed by atoms with E-state index < -0.39 is 12.0 Å². The molecule has 0 aliphatic carbocycles. The zero-order valence-electron chi connectivity index (χ0n) is 7.99. The van der Waals surface area contributed by atoms with E-state index in [1.165, 1.54) is 0 Å². The molecule has 0 aromatic carbocycles. The maximum Gasteiger partial charge on any atom is 0.322 e. The lowest BCUT2D eigenvalue weighted by Crippen LogP contribution is -2.36. The highest BCUT2D eigenvalue weighted by Crippen LogP contribution is 2.13. The molecule has 0 aliphatic rings. The second kappa shape index (κ2) is 5.16. The van der Waals surface area contributed by atoms with Crippen LogP contribution in [-0.4, -0.2) is 42.0 Å². The van der Waals surface area contributed by atoms with E-state index in [-0.39, 0.29) is 18.6 Å². The predicted octanol–water partition coefficient (Wildman–Crippen LogP) is -0.567. The predicted molar refractivity (Wildman–Crippen MR) is 47.3 cm³/mol. The van der Waals surface area contributed by atoms with Crippen molar-refractivity contribution in [2.24, 2.45) is 11.1 Å². The molecule has 0 heterocycles. The number of hydrogen-bond acceptors (Lipinski definition) is 4. The Morgan fingerprint density at radius 2 is 2.15 bits per heavy atom. The SMILES string of the molecule is CC(C)(CO)COC[C@H](N)C(=O)O. The highest BCUT2D eigenvalue weighted by atomic mass is 16.5. The lowest BCUT2D eigenvalue weighted by atomic mass is 9.97. The molecule has 0 saturated carbocycles. The quantitative estimate of drug-likeness (QED) is 0.523. The van der Waals surface area contributed by atoms with E-state index in [1.54, 1.807) is 0 Å². The van der Waals surface area contributed by atoms with E-state index in [1.807, 2.05) is 13.8 Å². The highest BCUT2D eigenvalue weighted by Gasteiger charge is 2.18. The number of aliphatic carboxylic acids is 1. The normalized spacial score (nSPS) is 14.2. The van der Waals surface area contributed by atoms with Crippen LogP contribution in [0.25, 0.3) is 0 Å². The largest absolute Gasteiger partial charge is 0.480 e. The summed E-state index contributed by atoms with van der Waals surface area (Å²) < 4.78 is 5.05. The van der Waals surface area contributed by atoms with Gasteiger partial charge < -0.3 is 20.7 Å². The average molecular weight is 191 g/mol. The first-order valence-electron chi connectivity index (χ1n) is 4.06. The number of aliphatic hydroxyl groups is 1. The third-order valence-corrected chi connectivity index (χ3v) is 1.54. The zero-order valence-corrected chi connectivity index (χ0v) is 7.99. The van der Waals surface area contributed by atoms with Crippen LogP contribution in [0, 0.1) is 5.41 Å². The first-order chi connectivity index (χ1) is 5.89. The average Bonchev–Trinajstić information content (AvgIpc) is 2.04. The minimum atomic E-state index is -1.08. The van der Waals surface area contributed by atoms with Gasteiger partial charge in [-0.1, -0.05) is 13.8 Å². The van der Waals surface area contributed by atoms with Crippen LogP contribution >= 0.6 is 0 Å².